The van der Waals surface area contributed by atoms with Gasteiger partial charge in [0, 0.05) is 68.0 Å². The monoisotopic (exact) mass is 1570 g/mol. The number of ether oxygens (including phenoxy) is 20. The Morgan fingerprint density at radius 1 is 0.407 bits per heavy atom. The molecule has 0 bridgehead atoms. The highest BCUT2D eigenvalue weighted by Crippen LogP contribution is 2.35. The Morgan fingerprint density at radius 2 is 0.824 bits per heavy atom. The summed E-state index contributed by atoms with van der Waals surface area (Å²) in [6.45, 7) is 5.40. The molecule has 0 saturated carbocycles. The van der Waals surface area contributed by atoms with Gasteiger partial charge in [-0.3, -0.25) is 9.59 Å². The molecule has 6 aliphatic rings. The average molecular weight is 1580 g/mol. The molecule has 6 fully saturated rings. The van der Waals surface area contributed by atoms with Crippen molar-refractivity contribution in [3.8, 4) is 0 Å². The van der Waals surface area contributed by atoms with E-state index in [2.05, 4.69) is 10.6 Å². The quantitative estimate of drug-likeness (QED) is 0.0252. The summed E-state index contributed by atoms with van der Waals surface area (Å²) in [6.07, 6.45) is -39.0. The van der Waals surface area contributed by atoms with Gasteiger partial charge in [0.05, 0.1) is 116 Å². The maximum absolute atomic E-state index is 12.5. The molecule has 6 saturated heterocycles. The number of carbonyl (C=O) groups excluding carboxylic acids is 2. The molecule has 0 aromatic heterocycles. The fourth-order valence-electron chi connectivity index (χ4n) is 13.2. The number of unbranched alkanes of at least 4 members (excludes halogenated alkanes) is 2. The van der Waals surface area contributed by atoms with Gasteiger partial charge in [0.25, 0.3) is 0 Å². The summed E-state index contributed by atoms with van der Waals surface area (Å²) >= 11 is 0. The Hall–Kier alpha value is -3.44. The minimum atomic E-state index is -1.83. The molecule has 41 nitrogen and oxygen atoms in total. The molecule has 0 spiro atoms. The van der Waals surface area contributed by atoms with Crippen LogP contribution in [0.1, 0.15) is 73.1 Å². The standard InChI is InChI=1S/C67H118N2O39/c1-9-40-48(77)52(81)49(78)45(103-40)30-100-65-39(76)18-41(42(104-65)27-89-6)98-25-37(74)21-94-16-12-10-14-92-20-36(73)24-97-29-44-51(80)57(47(32(3)102-44)69-34(5)71)106-67-60(55(84)59(91-8)62(108-67)64(87)88)99-26-38(75)22-95-17-13-11-15-93-19-35(72)23-96-28-43-50(79)56(46(31(2)101-43)68-33(4)70)105-66-54(83)53(82)58(90-7)61(107-66)63(85)86/h31-32,35-62,65-67,72-84H,9-30H2,1-8H3,(H,68,70)(H,69,71)(H,85,86)(H,87,88)/t31?,32?,35?,36?,37?,38?,39?,40-,41+,42?,43?,44?,45?,46?,47?,48?,49-,50-,51-,52-,53-,54?,55+,56-,57-,58+,59+,60?,61?,62?,65+,66-,67-/m1/s1. The summed E-state index contributed by atoms with van der Waals surface area (Å²) in [5.74, 6) is -4.15. The average Bonchev–Trinajstić information content (AvgIpc) is 0.780. The van der Waals surface area contributed by atoms with Crippen LogP contribution in [0.25, 0.3) is 0 Å². The predicted octanol–water partition coefficient (Wildman–Crippen LogP) is -7.93. The van der Waals surface area contributed by atoms with Crippen molar-refractivity contribution in [2.24, 2.45) is 0 Å². The minimum absolute atomic E-state index is 0.0539. The van der Waals surface area contributed by atoms with E-state index in [0.29, 0.717) is 32.1 Å². The van der Waals surface area contributed by atoms with Crippen LogP contribution in [-0.2, 0) is 114 Å². The number of amides is 2. The molecule has 18 unspecified atom stereocenters. The molecule has 17 N–H and O–H groups in total. The van der Waals surface area contributed by atoms with Crippen molar-refractivity contribution >= 4 is 23.8 Å². The van der Waals surface area contributed by atoms with Gasteiger partial charge in [-0.05, 0) is 46.0 Å². The molecule has 6 heterocycles. The van der Waals surface area contributed by atoms with Gasteiger partial charge in [-0.2, -0.15) is 0 Å². The number of hydrogen-bond donors (Lipinski definition) is 17. The first kappa shape index (κ1) is 93.4. The molecule has 0 radical (unpaired) electrons. The van der Waals surface area contributed by atoms with Crippen molar-refractivity contribution in [2.45, 2.75) is 275 Å². The maximum Gasteiger partial charge on any atom is 0.335 e. The van der Waals surface area contributed by atoms with E-state index in [1.165, 1.54) is 21.0 Å². The molecular weight excluding hydrogens is 1460 g/mol. The van der Waals surface area contributed by atoms with Crippen LogP contribution >= 0.6 is 0 Å². The van der Waals surface area contributed by atoms with Gasteiger partial charge in [-0.25, -0.2) is 9.59 Å². The lowest BCUT2D eigenvalue weighted by atomic mass is 9.92. The highest BCUT2D eigenvalue weighted by molar-refractivity contribution is 5.74. The van der Waals surface area contributed by atoms with E-state index in [0.717, 1.165) is 14.2 Å². The molecule has 41 heteroatoms. The van der Waals surface area contributed by atoms with Crippen LogP contribution in [0.3, 0.4) is 0 Å². The van der Waals surface area contributed by atoms with Gasteiger partial charge in [0.2, 0.25) is 11.8 Å². The van der Waals surface area contributed by atoms with E-state index in [1.807, 2.05) is 0 Å². The minimum Gasteiger partial charge on any atom is -0.479 e. The number of rotatable bonds is 48. The zero-order chi connectivity index (χ0) is 79.5. The van der Waals surface area contributed by atoms with Crippen molar-refractivity contribution in [1.82, 2.24) is 10.6 Å². The third-order valence-corrected chi connectivity index (χ3v) is 18.9. The van der Waals surface area contributed by atoms with Crippen molar-refractivity contribution in [2.75, 3.05) is 127 Å². The van der Waals surface area contributed by atoms with Crippen LogP contribution < -0.4 is 10.6 Å². The lowest BCUT2D eigenvalue weighted by Crippen LogP contribution is -2.68. The molecule has 33 atom stereocenters. The molecule has 6 rings (SSSR count). The second-order valence-electron chi connectivity index (χ2n) is 27.6. The van der Waals surface area contributed by atoms with Gasteiger partial charge in [0.1, 0.15) is 134 Å². The van der Waals surface area contributed by atoms with Crippen LogP contribution in [-0.4, -0.2) is 429 Å². The summed E-state index contributed by atoms with van der Waals surface area (Å²) in [5.41, 5.74) is 0. The first-order chi connectivity index (χ1) is 51.4. The first-order valence-corrected chi connectivity index (χ1v) is 36.4. The number of carboxylic acid groups (broad SMARTS) is 2. The summed E-state index contributed by atoms with van der Waals surface area (Å²) in [7, 11) is 3.72. The zero-order valence-corrected chi connectivity index (χ0v) is 62.1. The van der Waals surface area contributed by atoms with Crippen molar-refractivity contribution < 1.29 is 191 Å². The molecule has 6 aliphatic heterocycles. The third kappa shape index (κ3) is 27.9. The highest BCUT2D eigenvalue weighted by Gasteiger charge is 2.56. The van der Waals surface area contributed by atoms with Crippen LogP contribution in [0.2, 0.25) is 0 Å². The number of carbonyl (C=O) groups is 4. The van der Waals surface area contributed by atoms with Crippen molar-refractivity contribution in [3.05, 3.63) is 0 Å². The Bertz CT molecular complexity index is 2560. The van der Waals surface area contributed by atoms with Gasteiger partial charge in [-0.15, -0.1) is 0 Å². The lowest BCUT2D eigenvalue weighted by Gasteiger charge is -2.48. The largest absolute Gasteiger partial charge is 0.479 e. The van der Waals surface area contributed by atoms with Crippen LogP contribution in [0.15, 0.2) is 0 Å². The maximum atomic E-state index is 12.5. The van der Waals surface area contributed by atoms with Gasteiger partial charge >= 0.3 is 11.9 Å². The van der Waals surface area contributed by atoms with Crippen molar-refractivity contribution in [3.63, 3.8) is 0 Å². The van der Waals surface area contributed by atoms with Crippen LogP contribution in [0, 0.1) is 0 Å². The fourth-order valence-corrected chi connectivity index (χ4v) is 13.2. The van der Waals surface area contributed by atoms with Crippen LogP contribution in [0.4, 0.5) is 0 Å². The fraction of sp³-hybridized carbons (Fsp3) is 0.940. The van der Waals surface area contributed by atoms with Gasteiger partial charge in [-0.1, -0.05) is 6.92 Å². The van der Waals surface area contributed by atoms with E-state index < -0.39 is 232 Å². The SMILES string of the molecule is CC[C@H]1OC(CO[C@H]2OC(COC)[C@@H](OCC(O)COCCCCOCC(O)COCC3OC(C)C(NC(C)=O)[C@@H](O[C@@H]4OC(C(=O)O)[C@@H](OC)[C@H](O)C4OCC(O)COCCCCOCC(O)COCC4OC(C)C(NC(C)=O)[C@@H](O[C@@H]5OC(C(=O)O)[C@@H](OC)[C@H](O)C5O)[C@@H]4O)[C@@H]3O)CC2O)[C@@H](O)[C@H](O)C1O. The Kier molecular flexibility index (Phi) is 41.0. The topological polar surface area (TPSA) is 580 Å². The Labute approximate surface area is 625 Å². The molecule has 2 amide bonds. The molecular formula is C67H118N2O39. The molecule has 0 aromatic rings. The number of carboxylic acids is 2. The Morgan fingerprint density at radius 3 is 1.27 bits per heavy atom. The number of aliphatic hydroxyl groups is 13. The lowest BCUT2D eigenvalue weighted by molar-refractivity contribution is -0.335. The molecule has 108 heavy (non-hydrogen) atoms. The van der Waals surface area contributed by atoms with Gasteiger partial charge in [0.15, 0.2) is 31.1 Å². The number of aliphatic hydroxyl groups excluding tert-OH is 13. The summed E-state index contributed by atoms with van der Waals surface area (Å²) in [5, 5.41) is 166. The van der Waals surface area contributed by atoms with E-state index in [4.69, 9.17) is 94.7 Å². The van der Waals surface area contributed by atoms with E-state index in [1.54, 1.807) is 20.8 Å². The second-order valence-corrected chi connectivity index (χ2v) is 27.6. The second kappa shape index (κ2) is 47.4. The summed E-state index contributed by atoms with van der Waals surface area (Å²) in [6, 6.07) is -2.15. The molecule has 630 valence electrons. The van der Waals surface area contributed by atoms with Crippen LogP contribution in [0.5, 0.6) is 0 Å². The molecule has 0 aromatic carbocycles. The Balaban J connectivity index is 0.860. The number of hydrogen-bond acceptors (Lipinski definition) is 37. The molecule has 0 aliphatic carbocycles. The predicted molar refractivity (Wildman–Crippen MR) is 359 cm³/mol. The smallest absolute Gasteiger partial charge is 0.335 e. The van der Waals surface area contributed by atoms with E-state index in [-0.39, 0.29) is 106 Å². The first-order valence-electron chi connectivity index (χ1n) is 36.4. The number of methoxy groups -OCH3 is 3. The zero-order valence-electron chi connectivity index (χ0n) is 62.1. The van der Waals surface area contributed by atoms with E-state index in [9.17, 15) is 95.8 Å². The van der Waals surface area contributed by atoms with Crippen molar-refractivity contribution in [1.29, 1.82) is 0 Å². The third-order valence-electron chi connectivity index (χ3n) is 18.9. The van der Waals surface area contributed by atoms with E-state index >= 15 is 0 Å². The number of aliphatic carboxylic acids is 2. The van der Waals surface area contributed by atoms with Gasteiger partial charge < -0.3 is 182 Å². The number of nitrogens with one attached hydrogen (secondary N) is 2. The summed E-state index contributed by atoms with van der Waals surface area (Å²) < 4.78 is 114. The normalized spacial score (nSPS) is 38.0. The highest BCUT2D eigenvalue weighted by atomic mass is 16.7. The summed E-state index contributed by atoms with van der Waals surface area (Å²) in [4.78, 5) is 49.0.